The summed E-state index contributed by atoms with van der Waals surface area (Å²) in [6.07, 6.45) is 15.7. The topological polar surface area (TPSA) is 21.2 Å². The van der Waals surface area contributed by atoms with Crippen molar-refractivity contribution in [3.8, 4) is 0 Å². The minimum Gasteiger partial charge on any atom is -0.255 e. The molecule has 0 saturated heterocycles. The first-order chi connectivity index (χ1) is 17.2. The monoisotopic (exact) mass is 462 g/mol. The number of benzene rings is 2. The lowest BCUT2D eigenvalue weighted by atomic mass is 9.75. The molecule has 0 atom stereocenters. The third-order valence-corrected chi connectivity index (χ3v) is 9.19. The molecule has 0 amide bonds. The quantitative estimate of drug-likeness (QED) is 0.192. The summed E-state index contributed by atoms with van der Waals surface area (Å²) in [6.45, 7) is 2.24. The van der Waals surface area contributed by atoms with Crippen molar-refractivity contribution in [1.29, 1.82) is 0 Å². The van der Waals surface area contributed by atoms with Gasteiger partial charge in [0.25, 0.3) is 5.65 Å². The summed E-state index contributed by atoms with van der Waals surface area (Å²) in [4.78, 5) is 4.91. The van der Waals surface area contributed by atoms with E-state index in [1.165, 1.54) is 103 Å². The van der Waals surface area contributed by atoms with Gasteiger partial charge < -0.3 is 0 Å². The van der Waals surface area contributed by atoms with E-state index in [4.69, 9.17) is 4.98 Å². The van der Waals surface area contributed by atoms with E-state index in [-0.39, 0.29) is 0 Å². The second-order valence-electron chi connectivity index (χ2n) is 11.2. The molecular weight excluding hydrogens is 426 g/mol. The lowest BCUT2D eigenvalue weighted by Gasteiger charge is -2.29. The van der Waals surface area contributed by atoms with Crippen LogP contribution in [0.2, 0.25) is 0 Å². The fourth-order valence-electron chi connectivity index (χ4n) is 7.51. The van der Waals surface area contributed by atoms with Crippen molar-refractivity contribution in [3.63, 3.8) is 0 Å². The number of aromatic nitrogens is 3. The molecule has 2 aliphatic carbocycles. The van der Waals surface area contributed by atoms with E-state index in [0.717, 1.165) is 11.4 Å². The normalized spacial score (nSPS) is 18.3. The molecule has 0 radical (unpaired) electrons. The molecule has 0 aliphatic heterocycles. The summed E-state index contributed by atoms with van der Waals surface area (Å²) in [5.74, 6) is 1.39. The van der Waals surface area contributed by atoms with Crippen LogP contribution in [0.3, 0.4) is 0 Å². The molecule has 3 heterocycles. The third kappa shape index (κ3) is 3.16. The average molecular weight is 463 g/mol. The van der Waals surface area contributed by atoms with Gasteiger partial charge in [-0.05, 0) is 79.8 Å². The Balaban J connectivity index is 1.69. The molecule has 3 nitrogen and oxygen atoms in total. The molecule has 178 valence electrons. The molecule has 3 aromatic heterocycles. The molecule has 0 spiro atoms. The molecule has 0 unspecified atom stereocenters. The van der Waals surface area contributed by atoms with E-state index < -0.39 is 0 Å². The van der Waals surface area contributed by atoms with Gasteiger partial charge in [-0.25, -0.2) is 4.57 Å². The van der Waals surface area contributed by atoms with Gasteiger partial charge in [0.15, 0.2) is 11.0 Å². The third-order valence-electron chi connectivity index (χ3n) is 9.19. The van der Waals surface area contributed by atoms with Gasteiger partial charge in [0.05, 0.1) is 18.0 Å². The number of hydrogen-bond donors (Lipinski definition) is 0. The van der Waals surface area contributed by atoms with Gasteiger partial charge in [-0.3, -0.25) is 4.98 Å². The zero-order valence-corrected chi connectivity index (χ0v) is 21.2. The zero-order valence-electron chi connectivity index (χ0n) is 21.2. The number of nitrogens with zero attached hydrogens (tertiary/aromatic N) is 3. The summed E-state index contributed by atoms with van der Waals surface area (Å²) < 4.78 is 5.08. The summed E-state index contributed by atoms with van der Waals surface area (Å²) in [5, 5.41) is 2.55. The Hall–Kier alpha value is -2.94. The first-order valence-electron chi connectivity index (χ1n) is 13.9. The lowest BCUT2D eigenvalue weighted by Crippen LogP contribution is -2.27. The maximum absolute atomic E-state index is 4.91. The fourth-order valence-corrected chi connectivity index (χ4v) is 7.51. The second kappa shape index (κ2) is 8.33. The molecule has 3 heteroatoms. The Bertz CT molecular complexity index is 1580. The van der Waals surface area contributed by atoms with E-state index in [0.29, 0.717) is 5.92 Å². The number of hydrogen-bond acceptors (Lipinski definition) is 1. The van der Waals surface area contributed by atoms with E-state index in [1.54, 1.807) is 11.1 Å². The Morgan fingerprint density at radius 1 is 0.829 bits per heavy atom. The van der Waals surface area contributed by atoms with Crippen LogP contribution < -0.4 is 4.57 Å². The number of fused-ring (bicyclic) bond motifs is 8. The van der Waals surface area contributed by atoms with Crippen molar-refractivity contribution in [2.45, 2.75) is 83.0 Å². The van der Waals surface area contributed by atoms with Crippen LogP contribution in [0.25, 0.3) is 38.5 Å². The number of rotatable bonds is 2. The predicted octanol–water partition coefficient (Wildman–Crippen LogP) is 8.02. The highest BCUT2D eigenvalue weighted by molar-refractivity contribution is 6.12. The molecular formula is C32H36N3+. The van der Waals surface area contributed by atoms with Crippen molar-refractivity contribution < 1.29 is 4.57 Å². The second-order valence-corrected chi connectivity index (χ2v) is 11.2. The number of imidazole rings is 1. The molecule has 5 aromatic rings. The Kier molecular flexibility index (Phi) is 5.08. The fraction of sp³-hybridized carbons (Fsp3) is 0.438. The zero-order chi connectivity index (χ0) is 23.5. The van der Waals surface area contributed by atoms with Crippen LogP contribution >= 0.6 is 0 Å². The number of pyridine rings is 2. The van der Waals surface area contributed by atoms with Gasteiger partial charge in [0, 0.05) is 17.1 Å². The molecule has 0 N–H and O–H groups in total. The highest BCUT2D eigenvalue weighted by atomic mass is 15.1. The van der Waals surface area contributed by atoms with Crippen molar-refractivity contribution in [3.05, 3.63) is 65.4 Å². The van der Waals surface area contributed by atoms with Crippen LogP contribution in [-0.4, -0.2) is 9.38 Å². The molecule has 2 aromatic carbocycles. The van der Waals surface area contributed by atoms with Crippen molar-refractivity contribution in [2.24, 2.45) is 7.05 Å². The average Bonchev–Trinajstić information content (AvgIpc) is 3.22. The smallest absolute Gasteiger partial charge is 0.255 e. The Morgan fingerprint density at radius 3 is 2.31 bits per heavy atom. The van der Waals surface area contributed by atoms with Crippen LogP contribution in [0, 0.1) is 6.92 Å². The van der Waals surface area contributed by atoms with Crippen LogP contribution in [0.15, 0.2) is 48.7 Å². The number of para-hydroxylation sites is 1. The highest BCUT2D eigenvalue weighted by Gasteiger charge is 2.33. The Morgan fingerprint density at radius 2 is 1.54 bits per heavy atom. The van der Waals surface area contributed by atoms with E-state index in [1.807, 2.05) is 6.20 Å². The van der Waals surface area contributed by atoms with Gasteiger partial charge in [-0.1, -0.05) is 56.7 Å². The largest absolute Gasteiger partial charge is 0.297 e. The number of aryl methyl sites for hydroxylation is 2. The lowest BCUT2D eigenvalue weighted by molar-refractivity contribution is -0.617. The maximum atomic E-state index is 4.91. The van der Waals surface area contributed by atoms with E-state index in [2.05, 4.69) is 65.4 Å². The first kappa shape index (κ1) is 21.4. The van der Waals surface area contributed by atoms with Crippen molar-refractivity contribution in [2.75, 3.05) is 0 Å². The molecule has 2 fully saturated rings. The van der Waals surface area contributed by atoms with Crippen LogP contribution in [0.5, 0.6) is 0 Å². The van der Waals surface area contributed by atoms with Crippen LogP contribution in [0.1, 0.15) is 92.7 Å². The van der Waals surface area contributed by atoms with Gasteiger partial charge in [0.1, 0.15) is 5.52 Å². The molecule has 7 rings (SSSR count). The van der Waals surface area contributed by atoms with Crippen LogP contribution in [-0.2, 0) is 7.05 Å². The standard InChI is InChI=1S/C32H36N3/c1-21-19-20-33-30-25-15-9-10-16-26(25)35-31-27(34(2)32(35)28(21)30)18-17-24(22-11-5-3-6-12-22)29(31)23-13-7-4-8-14-23/h9-10,15-20,22-23H,3-8,11-14H2,1-2H3/q+1. The van der Waals surface area contributed by atoms with Crippen molar-refractivity contribution >= 4 is 38.5 Å². The molecule has 0 bridgehead atoms. The summed E-state index contributed by atoms with van der Waals surface area (Å²) in [6, 6.07) is 16.1. The minimum absolute atomic E-state index is 0.673. The summed E-state index contributed by atoms with van der Waals surface area (Å²) in [5.41, 5.74) is 11.2. The van der Waals surface area contributed by atoms with Gasteiger partial charge in [-0.15, -0.1) is 0 Å². The van der Waals surface area contributed by atoms with Gasteiger partial charge in [0.2, 0.25) is 0 Å². The minimum atomic E-state index is 0.673. The summed E-state index contributed by atoms with van der Waals surface area (Å²) >= 11 is 0. The van der Waals surface area contributed by atoms with Gasteiger partial charge in [-0.2, -0.15) is 4.40 Å². The highest BCUT2D eigenvalue weighted by Crippen LogP contribution is 2.45. The SMILES string of the molecule is Cc1ccnc2c3ccccc3n3c4c(C5CCCCC5)c(C5CCCCC5)ccc4[n+](C)c3c12. The van der Waals surface area contributed by atoms with E-state index >= 15 is 0 Å². The molecule has 35 heavy (non-hydrogen) atoms. The Labute approximate surface area is 207 Å². The van der Waals surface area contributed by atoms with Crippen LogP contribution in [0.4, 0.5) is 0 Å². The molecule has 2 aliphatic rings. The van der Waals surface area contributed by atoms with Gasteiger partial charge >= 0.3 is 0 Å². The van der Waals surface area contributed by atoms with Crippen molar-refractivity contribution in [1.82, 2.24) is 9.38 Å². The summed E-state index contributed by atoms with van der Waals surface area (Å²) in [7, 11) is 2.27. The predicted molar refractivity (Wildman–Crippen MR) is 145 cm³/mol. The first-order valence-corrected chi connectivity index (χ1v) is 13.9. The molecule has 2 saturated carbocycles. The van der Waals surface area contributed by atoms with E-state index in [9.17, 15) is 0 Å². The maximum Gasteiger partial charge on any atom is 0.297 e.